The number of unbranched alkanes of at least 4 members (excludes halogenated alkanes) is 11. The lowest BCUT2D eigenvalue weighted by molar-refractivity contribution is -0.00287. The number of rotatable bonds is 20. The van der Waals surface area contributed by atoms with E-state index in [4.69, 9.17) is 0 Å². The molecule has 0 radical (unpaired) electrons. The first-order chi connectivity index (χ1) is 18.8. The highest BCUT2D eigenvalue weighted by Gasteiger charge is 2.48. The molecule has 0 fully saturated rings. The van der Waals surface area contributed by atoms with Gasteiger partial charge in [0, 0.05) is 37.8 Å². The fourth-order valence-electron chi connectivity index (χ4n) is 6.62. The Bertz CT molecular complexity index is 877. The fraction of sp³-hybridized carbons (Fsp3) is 0.611. The van der Waals surface area contributed by atoms with E-state index in [0.717, 1.165) is 25.9 Å². The first-order valence-corrected chi connectivity index (χ1v) is 16.1. The van der Waals surface area contributed by atoms with Crippen molar-refractivity contribution >= 4 is 0 Å². The van der Waals surface area contributed by atoms with Crippen LogP contribution >= 0.6 is 0 Å². The summed E-state index contributed by atoms with van der Waals surface area (Å²) in [5, 5.41) is 0. The highest BCUT2D eigenvalue weighted by molar-refractivity contribution is 5.30. The zero-order valence-electron chi connectivity index (χ0n) is 24.9. The molecule has 0 amide bonds. The number of hydrogen-bond acceptors (Lipinski definition) is 2. The molecule has 2 aromatic rings. The largest absolute Gasteiger partial charge is 0.353 e. The lowest BCUT2D eigenvalue weighted by Gasteiger charge is -2.51. The van der Waals surface area contributed by atoms with E-state index in [1.165, 1.54) is 94.6 Å². The molecule has 1 aliphatic heterocycles. The number of benzene rings is 2. The second kappa shape index (κ2) is 17.4. The van der Waals surface area contributed by atoms with Crippen molar-refractivity contribution in [2.75, 3.05) is 13.1 Å². The van der Waals surface area contributed by atoms with Gasteiger partial charge in [0.2, 0.25) is 0 Å². The number of hydrogen-bond donors (Lipinski definition) is 0. The Hall–Kier alpha value is -2.22. The van der Waals surface area contributed by atoms with Crippen molar-refractivity contribution in [3.8, 4) is 0 Å². The molecule has 3 rings (SSSR count). The summed E-state index contributed by atoms with van der Waals surface area (Å²) in [5.74, 6) is 0.447. The minimum Gasteiger partial charge on any atom is -0.353 e. The predicted molar refractivity (Wildman–Crippen MR) is 166 cm³/mol. The first-order valence-electron chi connectivity index (χ1n) is 16.1. The summed E-state index contributed by atoms with van der Waals surface area (Å²) in [5.41, 5.74) is 2.85. The average molecular weight is 517 g/mol. The van der Waals surface area contributed by atoms with Crippen molar-refractivity contribution in [2.45, 2.75) is 129 Å². The maximum Gasteiger partial charge on any atom is 0.123 e. The van der Waals surface area contributed by atoms with Crippen LogP contribution in [-0.4, -0.2) is 28.6 Å². The molecule has 0 saturated heterocycles. The SMILES string of the molecule is CCCCCCCCCCCCCCN1C=CN(CCC)C1(Cc1ccccc1)C(CC)c1ccccc1. The minimum absolute atomic E-state index is 0.0504. The van der Waals surface area contributed by atoms with Gasteiger partial charge in [-0.2, -0.15) is 0 Å². The molecule has 2 aromatic carbocycles. The molecule has 210 valence electrons. The summed E-state index contributed by atoms with van der Waals surface area (Å²) >= 11 is 0. The average Bonchev–Trinajstić information content (AvgIpc) is 3.28. The summed E-state index contributed by atoms with van der Waals surface area (Å²) in [7, 11) is 0. The Kier molecular flexibility index (Phi) is 13.9. The minimum atomic E-state index is -0.0504. The summed E-state index contributed by atoms with van der Waals surface area (Å²) < 4.78 is 0. The smallest absolute Gasteiger partial charge is 0.123 e. The van der Waals surface area contributed by atoms with Crippen LogP contribution in [0, 0.1) is 0 Å². The van der Waals surface area contributed by atoms with Crippen LogP contribution in [0.2, 0.25) is 0 Å². The molecule has 1 heterocycles. The van der Waals surface area contributed by atoms with Crippen molar-refractivity contribution in [1.29, 1.82) is 0 Å². The highest BCUT2D eigenvalue weighted by atomic mass is 15.4. The molecule has 1 aliphatic rings. The van der Waals surface area contributed by atoms with Crippen LogP contribution in [0.4, 0.5) is 0 Å². The van der Waals surface area contributed by atoms with Gasteiger partial charge in [-0.05, 0) is 30.4 Å². The molecule has 2 atom stereocenters. The normalized spacial score (nSPS) is 17.9. The van der Waals surface area contributed by atoms with E-state index >= 15 is 0 Å². The molecule has 0 spiro atoms. The Labute approximate surface area is 235 Å². The van der Waals surface area contributed by atoms with E-state index in [2.05, 4.69) is 104 Å². The van der Waals surface area contributed by atoms with Crippen molar-refractivity contribution < 1.29 is 0 Å². The Morgan fingerprint density at radius 3 is 1.58 bits per heavy atom. The van der Waals surface area contributed by atoms with Gasteiger partial charge in [-0.1, -0.05) is 152 Å². The molecule has 0 bridgehead atoms. The standard InChI is InChI=1S/C36H56N2/c1-4-7-8-9-10-11-12-13-14-15-16-23-29-38-31-30-37(28-5-2)36(38,32-33-24-19-17-20-25-33)35(6-3)34-26-21-18-22-27-34/h17-22,24-27,30-31,35H,4-16,23,28-29,32H2,1-3H3. The summed E-state index contributed by atoms with van der Waals surface area (Å²) in [6, 6.07) is 22.5. The molecule has 0 N–H and O–H groups in total. The van der Waals surface area contributed by atoms with E-state index < -0.39 is 0 Å². The van der Waals surface area contributed by atoms with Crippen LogP contribution < -0.4 is 0 Å². The quantitative estimate of drug-likeness (QED) is 0.161. The summed E-state index contributed by atoms with van der Waals surface area (Å²) in [6.45, 7) is 9.25. The molecule has 0 aliphatic carbocycles. The molecule has 2 unspecified atom stereocenters. The molecular formula is C36H56N2. The zero-order chi connectivity index (χ0) is 26.9. The number of nitrogens with zero attached hydrogens (tertiary/aromatic N) is 2. The van der Waals surface area contributed by atoms with Gasteiger partial charge in [-0.15, -0.1) is 0 Å². The van der Waals surface area contributed by atoms with Crippen LogP contribution in [0.3, 0.4) is 0 Å². The third kappa shape index (κ3) is 8.65. The maximum atomic E-state index is 2.73. The Morgan fingerprint density at radius 2 is 1.05 bits per heavy atom. The van der Waals surface area contributed by atoms with Crippen molar-refractivity contribution in [1.82, 2.24) is 9.80 Å². The van der Waals surface area contributed by atoms with Crippen LogP contribution in [0.15, 0.2) is 73.1 Å². The van der Waals surface area contributed by atoms with Gasteiger partial charge < -0.3 is 9.80 Å². The van der Waals surface area contributed by atoms with Crippen molar-refractivity contribution in [3.05, 3.63) is 84.2 Å². The Morgan fingerprint density at radius 1 is 0.553 bits per heavy atom. The lowest BCUT2D eigenvalue weighted by atomic mass is 9.78. The lowest BCUT2D eigenvalue weighted by Crippen LogP contribution is -2.59. The van der Waals surface area contributed by atoms with E-state index in [1.54, 1.807) is 0 Å². The van der Waals surface area contributed by atoms with Gasteiger partial charge in [-0.25, -0.2) is 0 Å². The first kappa shape index (κ1) is 30.3. The van der Waals surface area contributed by atoms with Crippen LogP contribution in [-0.2, 0) is 6.42 Å². The summed E-state index contributed by atoms with van der Waals surface area (Å²) in [6.07, 6.45) is 25.0. The van der Waals surface area contributed by atoms with Gasteiger partial charge in [0.1, 0.15) is 5.66 Å². The van der Waals surface area contributed by atoms with Crippen LogP contribution in [0.1, 0.15) is 128 Å². The second-order valence-electron chi connectivity index (χ2n) is 11.5. The van der Waals surface area contributed by atoms with Gasteiger partial charge in [0.15, 0.2) is 0 Å². The molecule has 0 saturated carbocycles. The van der Waals surface area contributed by atoms with Crippen LogP contribution in [0.25, 0.3) is 0 Å². The van der Waals surface area contributed by atoms with Gasteiger partial charge in [0.25, 0.3) is 0 Å². The molecule has 0 aromatic heterocycles. The Balaban J connectivity index is 1.63. The van der Waals surface area contributed by atoms with Crippen molar-refractivity contribution in [2.24, 2.45) is 0 Å². The second-order valence-corrected chi connectivity index (χ2v) is 11.5. The molecule has 2 nitrogen and oxygen atoms in total. The highest BCUT2D eigenvalue weighted by Crippen LogP contribution is 2.45. The third-order valence-electron chi connectivity index (χ3n) is 8.61. The van der Waals surface area contributed by atoms with E-state index in [-0.39, 0.29) is 5.66 Å². The van der Waals surface area contributed by atoms with E-state index in [9.17, 15) is 0 Å². The van der Waals surface area contributed by atoms with Crippen LogP contribution in [0.5, 0.6) is 0 Å². The molecular weight excluding hydrogens is 460 g/mol. The predicted octanol–water partition coefficient (Wildman–Crippen LogP) is 10.3. The van der Waals surface area contributed by atoms with Gasteiger partial charge in [-0.3, -0.25) is 0 Å². The fourth-order valence-corrected chi connectivity index (χ4v) is 6.62. The maximum absolute atomic E-state index is 2.73. The van der Waals surface area contributed by atoms with E-state index in [1.807, 2.05) is 0 Å². The zero-order valence-corrected chi connectivity index (χ0v) is 24.9. The molecule has 38 heavy (non-hydrogen) atoms. The summed E-state index contributed by atoms with van der Waals surface area (Å²) in [4.78, 5) is 5.41. The third-order valence-corrected chi connectivity index (χ3v) is 8.61. The van der Waals surface area contributed by atoms with Gasteiger partial charge >= 0.3 is 0 Å². The van der Waals surface area contributed by atoms with Gasteiger partial charge in [0.05, 0.1) is 0 Å². The van der Waals surface area contributed by atoms with Crippen molar-refractivity contribution in [3.63, 3.8) is 0 Å². The van der Waals surface area contributed by atoms with E-state index in [0.29, 0.717) is 5.92 Å². The monoisotopic (exact) mass is 516 g/mol. The topological polar surface area (TPSA) is 6.48 Å². The molecule has 2 heteroatoms.